The zero-order chi connectivity index (χ0) is 19.9. The molecule has 1 N–H and O–H groups in total. The Morgan fingerprint density at radius 3 is 2.68 bits per heavy atom. The van der Waals surface area contributed by atoms with Crippen molar-refractivity contribution in [1.82, 2.24) is 10.2 Å². The van der Waals surface area contributed by atoms with Crippen LogP contribution < -0.4 is 14.8 Å². The first-order valence-electron chi connectivity index (χ1n) is 9.91. The van der Waals surface area contributed by atoms with Crippen LogP contribution >= 0.6 is 0 Å². The highest BCUT2D eigenvalue weighted by Gasteiger charge is 2.24. The Labute approximate surface area is 167 Å². The maximum Gasteiger partial charge on any atom is 0.258 e. The molecule has 1 heterocycles. The molecule has 1 amide bonds. The number of likely N-dealkylation sites (tertiary alicyclic amines) is 1. The van der Waals surface area contributed by atoms with Crippen molar-refractivity contribution in [3.8, 4) is 11.5 Å². The smallest absolute Gasteiger partial charge is 0.258 e. The molecule has 3 rings (SSSR count). The molecule has 0 spiro atoms. The summed E-state index contributed by atoms with van der Waals surface area (Å²) in [7, 11) is 1.68. The third-order valence-electron chi connectivity index (χ3n) is 5.25. The van der Waals surface area contributed by atoms with Crippen LogP contribution in [0.25, 0.3) is 0 Å². The number of nitrogens with one attached hydrogen (secondary N) is 1. The quantitative estimate of drug-likeness (QED) is 0.757. The van der Waals surface area contributed by atoms with Gasteiger partial charge in [0.1, 0.15) is 11.5 Å². The van der Waals surface area contributed by atoms with Crippen LogP contribution in [-0.4, -0.2) is 44.2 Å². The molecule has 28 heavy (non-hydrogen) atoms. The summed E-state index contributed by atoms with van der Waals surface area (Å²) in [5.74, 6) is 1.50. The van der Waals surface area contributed by atoms with Crippen LogP contribution in [0, 0.1) is 13.8 Å². The molecule has 5 nitrogen and oxygen atoms in total. The first-order valence-corrected chi connectivity index (χ1v) is 9.91. The Morgan fingerprint density at radius 2 is 1.93 bits per heavy atom. The van der Waals surface area contributed by atoms with Crippen LogP contribution in [0.2, 0.25) is 0 Å². The van der Waals surface area contributed by atoms with E-state index >= 15 is 0 Å². The summed E-state index contributed by atoms with van der Waals surface area (Å²) in [6.07, 6.45) is 2.40. The summed E-state index contributed by atoms with van der Waals surface area (Å²) >= 11 is 0. The van der Waals surface area contributed by atoms with E-state index in [0.29, 0.717) is 6.54 Å². The van der Waals surface area contributed by atoms with Crippen LogP contribution in [0.5, 0.6) is 11.5 Å². The summed E-state index contributed by atoms with van der Waals surface area (Å²) in [6, 6.07) is 14.3. The van der Waals surface area contributed by atoms with Gasteiger partial charge in [-0.05, 0) is 74.7 Å². The maximum absolute atomic E-state index is 12.4. The van der Waals surface area contributed by atoms with Crippen LogP contribution in [0.3, 0.4) is 0 Å². The van der Waals surface area contributed by atoms with Gasteiger partial charge >= 0.3 is 0 Å². The Hall–Kier alpha value is -2.53. The lowest BCUT2D eigenvalue weighted by Gasteiger charge is -2.28. The summed E-state index contributed by atoms with van der Waals surface area (Å²) in [5.41, 5.74) is 3.31. The number of rotatable bonds is 8. The van der Waals surface area contributed by atoms with Crippen molar-refractivity contribution in [2.75, 3.05) is 33.4 Å². The van der Waals surface area contributed by atoms with Crippen LogP contribution in [0.4, 0.5) is 0 Å². The third kappa shape index (κ3) is 5.26. The molecule has 1 atom stereocenters. The lowest BCUT2D eigenvalue weighted by atomic mass is 10.0. The van der Waals surface area contributed by atoms with Crippen molar-refractivity contribution in [2.24, 2.45) is 0 Å². The van der Waals surface area contributed by atoms with E-state index < -0.39 is 0 Å². The second kappa shape index (κ2) is 9.60. The number of amides is 1. The lowest BCUT2D eigenvalue weighted by Crippen LogP contribution is -2.38. The van der Waals surface area contributed by atoms with E-state index in [0.717, 1.165) is 41.3 Å². The minimum atomic E-state index is -0.104. The highest BCUT2D eigenvalue weighted by molar-refractivity contribution is 5.77. The van der Waals surface area contributed by atoms with Gasteiger partial charge in [-0.3, -0.25) is 9.69 Å². The Balaban J connectivity index is 1.61. The Bertz CT molecular complexity index is 800. The molecule has 1 fully saturated rings. The van der Waals surface area contributed by atoms with Crippen molar-refractivity contribution in [3.63, 3.8) is 0 Å². The van der Waals surface area contributed by atoms with E-state index in [2.05, 4.69) is 22.3 Å². The Kier molecular flexibility index (Phi) is 6.93. The van der Waals surface area contributed by atoms with Crippen LogP contribution in [-0.2, 0) is 4.79 Å². The van der Waals surface area contributed by atoms with E-state index in [4.69, 9.17) is 9.47 Å². The fourth-order valence-electron chi connectivity index (χ4n) is 3.63. The van der Waals surface area contributed by atoms with E-state index in [-0.39, 0.29) is 18.6 Å². The average molecular weight is 383 g/mol. The number of aryl methyl sites for hydroxylation is 2. The van der Waals surface area contributed by atoms with E-state index in [1.54, 1.807) is 7.11 Å². The highest BCUT2D eigenvalue weighted by atomic mass is 16.5. The van der Waals surface area contributed by atoms with Crippen molar-refractivity contribution in [1.29, 1.82) is 0 Å². The molecular weight excluding hydrogens is 352 g/mol. The molecule has 0 saturated carbocycles. The minimum absolute atomic E-state index is 0.0229. The predicted molar refractivity (Wildman–Crippen MR) is 111 cm³/mol. The van der Waals surface area contributed by atoms with Crippen LogP contribution in [0.15, 0.2) is 42.5 Å². The average Bonchev–Trinajstić information content (AvgIpc) is 3.23. The normalized spacial score (nSPS) is 15.2. The standard InChI is InChI=1S/C23H30N2O3/c1-17-9-10-18(2)22(13-17)28-16-23(26)24-15-21(25-11-4-5-12-25)19-7-6-8-20(14-19)27-3/h6-10,13-14,21H,4-5,11-12,15-16H2,1-3H3,(H,24,26). The summed E-state index contributed by atoms with van der Waals surface area (Å²) in [4.78, 5) is 14.8. The van der Waals surface area contributed by atoms with E-state index in [1.807, 2.05) is 44.2 Å². The van der Waals surface area contributed by atoms with Crippen molar-refractivity contribution in [3.05, 3.63) is 59.2 Å². The molecule has 0 aliphatic carbocycles. The predicted octanol–water partition coefficient (Wildman–Crippen LogP) is 3.64. The molecule has 0 bridgehead atoms. The highest BCUT2D eigenvalue weighted by Crippen LogP contribution is 2.27. The third-order valence-corrected chi connectivity index (χ3v) is 5.25. The monoisotopic (exact) mass is 382 g/mol. The van der Waals surface area contributed by atoms with Gasteiger partial charge in [0.25, 0.3) is 5.91 Å². The van der Waals surface area contributed by atoms with Gasteiger partial charge in [0.15, 0.2) is 6.61 Å². The minimum Gasteiger partial charge on any atom is -0.497 e. The molecule has 0 aromatic heterocycles. The van der Waals surface area contributed by atoms with Gasteiger partial charge in [-0.1, -0.05) is 24.3 Å². The van der Waals surface area contributed by atoms with Gasteiger partial charge in [0.2, 0.25) is 0 Å². The zero-order valence-corrected chi connectivity index (χ0v) is 17.0. The van der Waals surface area contributed by atoms with Crippen molar-refractivity contribution < 1.29 is 14.3 Å². The Morgan fingerprint density at radius 1 is 1.14 bits per heavy atom. The second-order valence-electron chi connectivity index (χ2n) is 7.40. The van der Waals surface area contributed by atoms with Gasteiger partial charge in [-0.2, -0.15) is 0 Å². The maximum atomic E-state index is 12.4. The molecular formula is C23H30N2O3. The number of carbonyl (C=O) groups is 1. The topological polar surface area (TPSA) is 50.8 Å². The number of methoxy groups -OCH3 is 1. The largest absolute Gasteiger partial charge is 0.497 e. The number of carbonyl (C=O) groups excluding carboxylic acids is 1. The van der Waals surface area contributed by atoms with Gasteiger partial charge in [0.05, 0.1) is 13.2 Å². The molecule has 1 aliphatic rings. The molecule has 150 valence electrons. The van der Waals surface area contributed by atoms with Crippen LogP contribution in [0.1, 0.15) is 35.6 Å². The number of nitrogens with zero attached hydrogens (tertiary/aromatic N) is 1. The summed E-state index contributed by atoms with van der Waals surface area (Å²) in [6.45, 7) is 6.69. The number of ether oxygens (including phenoxy) is 2. The van der Waals surface area contributed by atoms with Crippen molar-refractivity contribution >= 4 is 5.91 Å². The van der Waals surface area contributed by atoms with E-state index in [9.17, 15) is 4.79 Å². The summed E-state index contributed by atoms with van der Waals surface area (Å²) < 4.78 is 11.1. The van der Waals surface area contributed by atoms with Gasteiger partial charge in [-0.15, -0.1) is 0 Å². The van der Waals surface area contributed by atoms with Gasteiger partial charge in [0, 0.05) is 6.54 Å². The summed E-state index contributed by atoms with van der Waals surface area (Å²) in [5, 5.41) is 3.05. The SMILES string of the molecule is COc1cccc(C(CNC(=O)COc2cc(C)ccc2C)N2CCCC2)c1. The fourth-order valence-corrected chi connectivity index (χ4v) is 3.63. The number of hydrogen-bond acceptors (Lipinski definition) is 4. The first-order chi connectivity index (χ1) is 13.6. The molecule has 1 saturated heterocycles. The molecule has 2 aromatic rings. The number of hydrogen-bond donors (Lipinski definition) is 1. The zero-order valence-electron chi connectivity index (χ0n) is 17.0. The second-order valence-corrected chi connectivity index (χ2v) is 7.40. The fraction of sp³-hybridized carbons (Fsp3) is 0.435. The molecule has 5 heteroatoms. The lowest BCUT2D eigenvalue weighted by molar-refractivity contribution is -0.123. The number of benzene rings is 2. The molecule has 1 aliphatic heterocycles. The first kappa shape index (κ1) is 20.2. The molecule has 2 aromatic carbocycles. The molecule has 1 unspecified atom stereocenters. The van der Waals surface area contributed by atoms with E-state index in [1.165, 1.54) is 12.8 Å². The van der Waals surface area contributed by atoms with Crippen molar-refractivity contribution in [2.45, 2.75) is 32.7 Å². The van der Waals surface area contributed by atoms with Gasteiger partial charge in [-0.25, -0.2) is 0 Å². The van der Waals surface area contributed by atoms with Gasteiger partial charge < -0.3 is 14.8 Å². The molecule has 0 radical (unpaired) electrons.